The normalized spacial score (nSPS) is 13.3. The molecule has 0 saturated carbocycles. The Kier molecular flexibility index (Phi) is 8.33. The van der Waals surface area contributed by atoms with Crippen LogP contribution in [0.25, 0.3) is 0 Å². The van der Waals surface area contributed by atoms with Crippen molar-refractivity contribution >= 4 is 15.9 Å². The lowest BCUT2D eigenvalue weighted by molar-refractivity contribution is -0.151. The van der Waals surface area contributed by atoms with E-state index in [4.69, 9.17) is 9.57 Å². The van der Waals surface area contributed by atoms with Gasteiger partial charge < -0.3 is 4.74 Å². The fourth-order valence-electron chi connectivity index (χ4n) is 2.95. The van der Waals surface area contributed by atoms with E-state index in [-0.39, 0.29) is 17.0 Å². The van der Waals surface area contributed by atoms with Crippen molar-refractivity contribution in [3.05, 3.63) is 54.1 Å². The molecule has 2 rings (SSSR count). The molecule has 1 N–H and O–H groups in total. The molecule has 10 heteroatoms. The van der Waals surface area contributed by atoms with Crippen LogP contribution in [0.1, 0.15) is 40.2 Å². The molecule has 0 spiro atoms. The molecule has 0 unspecified atom stereocenters. The number of nitrogens with one attached hydrogen (secondary N) is 1. The van der Waals surface area contributed by atoms with Gasteiger partial charge in [0.2, 0.25) is 16.0 Å². The number of hydrogen-bond acceptors (Lipinski definition) is 6. The summed E-state index contributed by atoms with van der Waals surface area (Å²) in [6, 6.07) is 7.52. The van der Waals surface area contributed by atoms with Gasteiger partial charge in [-0.1, -0.05) is 19.9 Å². The number of amides is 1. The van der Waals surface area contributed by atoms with Crippen molar-refractivity contribution in [2.45, 2.75) is 57.7 Å². The first-order valence-corrected chi connectivity index (χ1v) is 11.5. The highest BCUT2D eigenvalue weighted by molar-refractivity contribution is 7.89. The van der Waals surface area contributed by atoms with E-state index in [0.717, 1.165) is 4.31 Å². The number of hydrogen-bond donors (Lipinski definition) is 1. The Morgan fingerprint density at radius 2 is 1.81 bits per heavy atom. The zero-order chi connectivity index (χ0) is 24.1. The second-order valence-corrected chi connectivity index (χ2v) is 10.4. The molecule has 0 aliphatic rings. The molecule has 1 aromatic heterocycles. The van der Waals surface area contributed by atoms with Crippen LogP contribution in [0, 0.1) is 11.9 Å². The number of carbonyl (C=O) groups excluding carboxylic acids is 1. The molecule has 0 saturated heterocycles. The SMILES string of the molecule is COc1ccc(S(=O)(=O)N(Cc2cccnc2F)[C@@H](C(=O)NOC(C)(C)C)C(C)C)cc1. The van der Waals surface area contributed by atoms with E-state index < -0.39 is 39.4 Å². The lowest BCUT2D eigenvalue weighted by Gasteiger charge is -2.33. The van der Waals surface area contributed by atoms with E-state index in [0.29, 0.717) is 5.75 Å². The molecular formula is C22H30FN3O5S. The Morgan fingerprint density at radius 3 is 2.31 bits per heavy atom. The summed E-state index contributed by atoms with van der Waals surface area (Å²) in [5.41, 5.74) is 1.71. The van der Waals surface area contributed by atoms with E-state index in [1.807, 2.05) is 0 Å². The van der Waals surface area contributed by atoms with Crippen LogP contribution < -0.4 is 10.2 Å². The van der Waals surface area contributed by atoms with Crippen LogP contribution in [-0.2, 0) is 26.2 Å². The average molecular weight is 468 g/mol. The second kappa shape index (κ2) is 10.4. The molecule has 1 heterocycles. The van der Waals surface area contributed by atoms with E-state index in [2.05, 4.69) is 10.5 Å². The summed E-state index contributed by atoms with van der Waals surface area (Å²) < 4.78 is 47.6. The van der Waals surface area contributed by atoms with Gasteiger partial charge in [-0.15, -0.1) is 0 Å². The van der Waals surface area contributed by atoms with Crippen molar-refractivity contribution in [1.29, 1.82) is 0 Å². The number of hydroxylamine groups is 1. The number of halogens is 1. The summed E-state index contributed by atoms with van der Waals surface area (Å²) in [5.74, 6) is -1.44. The summed E-state index contributed by atoms with van der Waals surface area (Å²) in [6.45, 7) is 8.26. The van der Waals surface area contributed by atoms with Crippen LogP contribution in [0.3, 0.4) is 0 Å². The number of pyridine rings is 1. The van der Waals surface area contributed by atoms with E-state index in [1.54, 1.807) is 34.6 Å². The molecule has 0 aliphatic carbocycles. The first-order valence-electron chi connectivity index (χ1n) is 10.1. The minimum atomic E-state index is -4.22. The molecule has 0 radical (unpaired) electrons. The topological polar surface area (TPSA) is 97.8 Å². The Morgan fingerprint density at radius 1 is 1.19 bits per heavy atom. The van der Waals surface area contributed by atoms with Gasteiger partial charge >= 0.3 is 0 Å². The van der Waals surface area contributed by atoms with Crippen LogP contribution >= 0.6 is 0 Å². The van der Waals surface area contributed by atoms with Gasteiger partial charge in [0.05, 0.1) is 17.6 Å². The van der Waals surface area contributed by atoms with E-state index >= 15 is 0 Å². The van der Waals surface area contributed by atoms with Crippen molar-refractivity contribution < 1.29 is 27.2 Å². The van der Waals surface area contributed by atoms with Crippen LogP contribution in [0.2, 0.25) is 0 Å². The summed E-state index contributed by atoms with van der Waals surface area (Å²) in [7, 11) is -2.75. The maximum absolute atomic E-state index is 14.3. The predicted octanol–water partition coefficient (Wildman–Crippen LogP) is 3.29. The molecule has 1 aromatic carbocycles. The Labute approximate surface area is 188 Å². The van der Waals surface area contributed by atoms with Gasteiger partial charge in [-0.05, 0) is 57.0 Å². The van der Waals surface area contributed by atoms with Crippen LogP contribution in [0.4, 0.5) is 4.39 Å². The number of ether oxygens (including phenoxy) is 1. The second-order valence-electron chi connectivity index (χ2n) is 8.55. The van der Waals surface area contributed by atoms with Crippen LogP contribution in [0.15, 0.2) is 47.5 Å². The molecule has 0 aliphatic heterocycles. The third-order valence-corrected chi connectivity index (χ3v) is 6.34. The lowest BCUT2D eigenvalue weighted by atomic mass is 10.0. The summed E-state index contributed by atoms with van der Waals surface area (Å²) in [5, 5.41) is 0. The molecule has 2 aromatic rings. The number of rotatable bonds is 9. The minimum absolute atomic E-state index is 0.0415. The third-order valence-electron chi connectivity index (χ3n) is 4.50. The molecule has 8 nitrogen and oxygen atoms in total. The number of benzene rings is 1. The van der Waals surface area contributed by atoms with E-state index in [9.17, 15) is 17.6 Å². The van der Waals surface area contributed by atoms with Crippen LogP contribution in [-0.4, -0.2) is 42.4 Å². The van der Waals surface area contributed by atoms with E-state index in [1.165, 1.54) is 49.7 Å². The molecule has 0 bridgehead atoms. The predicted molar refractivity (Wildman–Crippen MR) is 118 cm³/mol. The molecule has 0 fully saturated rings. The summed E-state index contributed by atoms with van der Waals surface area (Å²) in [6.07, 6.45) is 1.27. The van der Waals surface area contributed by atoms with Crippen molar-refractivity contribution in [2.24, 2.45) is 5.92 Å². The standard InChI is InChI=1S/C22H30FN3O5S/c1-15(2)19(21(27)25-31-22(3,4)5)26(14-16-8-7-13-24-20(16)23)32(28,29)18-11-9-17(30-6)10-12-18/h7-13,15,19H,14H2,1-6H3,(H,25,27)/t19-/m1/s1. The average Bonchev–Trinajstić information content (AvgIpc) is 2.72. The molecule has 176 valence electrons. The monoisotopic (exact) mass is 467 g/mol. The highest BCUT2D eigenvalue weighted by Gasteiger charge is 2.39. The fraction of sp³-hybridized carbons (Fsp3) is 0.455. The number of carbonyl (C=O) groups is 1. The fourth-order valence-corrected chi connectivity index (χ4v) is 4.65. The van der Waals surface area contributed by atoms with Gasteiger partial charge in [0, 0.05) is 18.3 Å². The Balaban J connectivity index is 2.54. The largest absolute Gasteiger partial charge is 0.497 e. The van der Waals surface area contributed by atoms with Crippen molar-refractivity contribution in [2.75, 3.05) is 7.11 Å². The first-order chi connectivity index (χ1) is 14.9. The lowest BCUT2D eigenvalue weighted by Crippen LogP contribution is -2.52. The quantitative estimate of drug-likeness (QED) is 0.449. The minimum Gasteiger partial charge on any atom is -0.497 e. The smallest absolute Gasteiger partial charge is 0.262 e. The van der Waals surface area contributed by atoms with Gasteiger partial charge in [0.15, 0.2) is 0 Å². The first kappa shape index (κ1) is 25.7. The zero-order valence-corrected chi connectivity index (χ0v) is 19.9. The van der Waals surface area contributed by atoms with Crippen molar-refractivity contribution in [3.8, 4) is 5.75 Å². The Bertz CT molecular complexity index is 1020. The molecular weight excluding hydrogens is 437 g/mol. The van der Waals surface area contributed by atoms with Gasteiger partial charge in [-0.3, -0.25) is 9.63 Å². The van der Waals surface area contributed by atoms with Gasteiger partial charge in [-0.2, -0.15) is 8.70 Å². The van der Waals surface area contributed by atoms with Gasteiger partial charge in [-0.25, -0.2) is 18.9 Å². The highest BCUT2D eigenvalue weighted by Crippen LogP contribution is 2.27. The van der Waals surface area contributed by atoms with Crippen LogP contribution in [0.5, 0.6) is 5.75 Å². The molecule has 32 heavy (non-hydrogen) atoms. The third kappa shape index (κ3) is 6.47. The number of sulfonamides is 1. The Hall–Kier alpha value is -2.56. The summed E-state index contributed by atoms with van der Waals surface area (Å²) in [4.78, 5) is 22.0. The molecule has 1 amide bonds. The number of aromatic nitrogens is 1. The summed E-state index contributed by atoms with van der Waals surface area (Å²) >= 11 is 0. The highest BCUT2D eigenvalue weighted by atomic mass is 32.2. The number of methoxy groups -OCH3 is 1. The number of nitrogens with zero attached hydrogens (tertiary/aromatic N) is 2. The van der Waals surface area contributed by atoms with Crippen molar-refractivity contribution in [1.82, 2.24) is 14.8 Å². The maximum atomic E-state index is 14.3. The van der Waals surface area contributed by atoms with Gasteiger partial charge in [0.25, 0.3) is 5.91 Å². The zero-order valence-electron chi connectivity index (χ0n) is 19.1. The molecule has 1 atom stereocenters. The van der Waals surface area contributed by atoms with Gasteiger partial charge in [0.1, 0.15) is 11.8 Å². The maximum Gasteiger partial charge on any atom is 0.262 e. The van der Waals surface area contributed by atoms with Crippen molar-refractivity contribution in [3.63, 3.8) is 0 Å².